The third kappa shape index (κ3) is 2.04. The molecule has 0 bridgehead atoms. The zero-order valence-corrected chi connectivity index (χ0v) is 8.71. The Labute approximate surface area is 86.1 Å². The van der Waals surface area contributed by atoms with Crippen molar-refractivity contribution in [2.75, 3.05) is 0 Å². The van der Waals surface area contributed by atoms with Crippen molar-refractivity contribution in [2.45, 2.75) is 31.8 Å². The van der Waals surface area contributed by atoms with Crippen molar-refractivity contribution in [3.8, 4) is 0 Å². The van der Waals surface area contributed by atoms with Crippen LogP contribution in [0.15, 0.2) is 5.38 Å². The lowest BCUT2D eigenvalue weighted by molar-refractivity contribution is 0.116. The van der Waals surface area contributed by atoms with E-state index in [2.05, 4.69) is 4.98 Å². The molecule has 2 rings (SSSR count). The van der Waals surface area contributed by atoms with Crippen LogP contribution < -0.4 is 5.73 Å². The minimum atomic E-state index is -0.749. The lowest BCUT2D eigenvalue weighted by Crippen LogP contribution is -2.15. The number of carbonyl (C=O) groups is 1. The SMILES string of the molecule is CC(OC(N)=O)c1nc(C2CC2)cs1. The first-order valence-corrected chi connectivity index (χ1v) is 5.46. The molecule has 0 spiro atoms. The second-order valence-electron chi connectivity index (χ2n) is 3.46. The summed E-state index contributed by atoms with van der Waals surface area (Å²) in [5.74, 6) is 0.640. The van der Waals surface area contributed by atoms with Crippen LogP contribution in [0.2, 0.25) is 0 Å². The molecular formula is C9H12N2O2S. The van der Waals surface area contributed by atoms with Crippen LogP contribution >= 0.6 is 11.3 Å². The Morgan fingerprint density at radius 3 is 3.07 bits per heavy atom. The zero-order valence-electron chi connectivity index (χ0n) is 7.90. The molecule has 0 radical (unpaired) electrons. The van der Waals surface area contributed by atoms with E-state index in [1.165, 1.54) is 24.2 Å². The number of rotatable bonds is 3. The van der Waals surface area contributed by atoms with Crippen LogP contribution in [0.1, 0.15) is 42.5 Å². The molecule has 0 saturated heterocycles. The number of nitrogens with zero attached hydrogens (tertiary/aromatic N) is 1. The van der Waals surface area contributed by atoms with Crippen molar-refractivity contribution in [1.29, 1.82) is 0 Å². The number of primary amides is 1. The van der Waals surface area contributed by atoms with Crippen molar-refractivity contribution < 1.29 is 9.53 Å². The number of hydrogen-bond donors (Lipinski definition) is 1. The fourth-order valence-electron chi connectivity index (χ4n) is 1.28. The molecule has 1 unspecified atom stereocenters. The molecule has 1 heterocycles. The highest BCUT2D eigenvalue weighted by Gasteiger charge is 2.27. The van der Waals surface area contributed by atoms with Crippen LogP contribution in [-0.4, -0.2) is 11.1 Å². The van der Waals surface area contributed by atoms with Crippen molar-refractivity contribution in [3.05, 3.63) is 16.1 Å². The predicted molar refractivity (Wildman–Crippen MR) is 53.2 cm³/mol. The summed E-state index contributed by atoms with van der Waals surface area (Å²) in [6.45, 7) is 1.78. The van der Waals surface area contributed by atoms with Crippen molar-refractivity contribution in [2.24, 2.45) is 5.73 Å². The molecule has 0 aromatic carbocycles. The number of thiazole rings is 1. The summed E-state index contributed by atoms with van der Waals surface area (Å²) in [5, 5.41) is 2.86. The smallest absolute Gasteiger partial charge is 0.405 e. The fraction of sp³-hybridized carbons (Fsp3) is 0.556. The third-order valence-electron chi connectivity index (χ3n) is 2.18. The van der Waals surface area contributed by atoms with Gasteiger partial charge in [-0.25, -0.2) is 9.78 Å². The molecule has 1 atom stereocenters. The highest BCUT2D eigenvalue weighted by Crippen LogP contribution is 2.40. The molecule has 0 aliphatic heterocycles. The molecule has 1 aliphatic rings. The molecule has 1 aromatic heterocycles. The van der Waals surface area contributed by atoms with Crippen LogP contribution in [0.4, 0.5) is 4.79 Å². The number of aromatic nitrogens is 1. The van der Waals surface area contributed by atoms with Gasteiger partial charge in [0.15, 0.2) is 6.10 Å². The van der Waals surface area contributed by atoms with Crippen molar-refractivity contribution in [3.63, 3.8) is 0 Å². The number of amides is 1. The van der Waals surface area contributed by atoms with Gasteiger partial charge in [0.25, 0.3) is 0 Å². The van der Waals surface area contributed by atoms with Gasteiger partial charge in [0.1, 0.15) is 5.01 Å². The average Bonchev–Trinajstić information content (AvgIpc) is 2.82. The van der Waals surface area contributed by atoms with E-state index in [-0.39, 0.29) is 6.10 Å². The van der Waals surface area contributed by atoms with Gasteiger partial charge >= 0.3 is 6.09 Å². The molecule has 1 saturated carbocycles. The maximum absolute atomic E-state index is 10.5. The van der Waals surface area contributed by atoms with Gasteiger partial charge in [-0.05, 0) is 19.8 Å². The second-order valence-corrected chi connectivity index (χ2v) is 4.35. The van der Waals surface area contributed by atoms with Gasteiger partial charge in [-0.1, -0.05) is 0 Å². The van der Waals surface area contributed by atoms with Gasteiger partial charge in [0.2, 0.25) is 0 Å². The Balaban J connectivity index is 2.03. The summed E-state index contributed by atoms with van der Waals surface area (Å²) in [6.07, 6.45) is 1.38. The van der Waals surface area contributed by atoms with Crippen molar-refractivity contribution >= 4 is 17.4 Å². The van der Waals surface area contributed by atoms with Gasteiger partial charge in [-0.2, -0.15) is 0 Å². The number of carbonyl (C=O) groups excluding carboxylic acids is 1. The largest absolute Gasteiger partial charge is 0.439 e. The summed E-state index contributed by atoms with van der Waals surface area (Å²) in [5.41, 5.74) is 6.05. The Bertz CT molecular complexity index is 346. The Kier molecular flexibility index (Phi) is 2.41. The molecule has 14 heavy (non-hydrogen) atoms. The summed E-state index contributed by atoms with van der Waals surface area (Å²) >= 11 is 1.52. The maximum atomic E-state index is 10.5. The van der Waals surface area contributed by atoms with E-state index in [1.807, 2.05) is 5.38 Å². The minimum absolute atomic E-state index is 0.329. The Hall–Kier alpha value is -1.10. The van der Waals surface area contributed by atoms with E-state index >= 15 is 0 Å². The number of hydrogen-bond acceptors (Lipinski definition) is 4. The van der Waals surface area contributed by atoms with Crippen LogP contribution in [0, 0.1) is 0 Å². The number of ether oxygens (including phenoxy) is 1. The molecule has 1 amide bonds. The fourth-order valence-corrected chi connectivity index (χ4v) is 2.16. The summed E-state index contributed by atoms with van der Waals surface area (Å²) in [4.78, 5) is 14.9. The van der Waals surface area contributed by atoms with E-state index in [0.29, 0.717) is 5.92 Å². The lowest BCUT2D eigenvalue weighted by Gasteiger charge is -2.06. The number of nitrogens with two attached hydrogens (primary N) is 1. The average molecular weight is 212 g/mol. The first kappa shape index (κ1) is 9.45. The molecule has 76 valence electrons. The van der Waals surface area contributed by atoms with Crippen LogP contribution in [-0.2, 0) is 4.74 Å². The van der Waals surface area contributed by atoms with E-state index in [1.54, 1.807) is 6.92 Å². The van der Waals surface area contributed by atoms with Crippen LogP contribution in [0.3, 0.4) is 0 Å². The third-order valence-corrected chi connectivity index (χ3v) is 3.20. The highest BCUT2D eigenvalue weighted by atomic mass is 32.1. The van der Waals surface area contributed by atoms with Gasteiger partial charge < -0.3 is 10.5 Å². The van der Waals surface area contributed by atoms with E-state index < -0.39 is 6.09 Å². The van der Waals surface area contributed by atoms with E-state index in [9.17, 15) is 4.79 Å². The first-order valence-electron chi connectivity index (χ1n) is 4.58. The Morgan fingerprint density at radius 1 is 1.79 bits per heavy atom. The summed E-state index contributed by atoms with van der Waals surface area (Å²) in [6, 6.07) is 0. The highest BCUT2D eigenvalue weighted by molar-refractivity contribution is 7.09. The summed E-state index contributed by atoms with van der Waals surface area (Å²) < 4.78 is 4.84. The molecule has 4 nitrogen and oxygen atoms in total. The molecular weight excluding hydrogens is 200 g/mol. The zero-order chi connectivity index (χ0) is 10.1. The second kappa shape index (κ2) is 3.57. The first-order chi connectivity index (χ1) is 6.66. The topological polar surface area (TPSA) is 65.2 Å². The molecule has 1 aliphatic carbocycles. The van der Waals surface area contributed by atoms with Gasteiger partial charge in [0, 0.05) is 11.3 Å². The van der Waals surface area contributed by atoms with E-state index in [4.69, 9.17) is 10.5 Å². The van der Waals surface area contributed by atoms with Crippen molar-refractivity contribution in [1.82, 2.24) is 4.98 Å². The van der Waals surface area contributed by atoms with Crippen LogP contribution in [0.5, 0.6) is 0 Å². The molecule has 1 fully saturated rings. The normalized spacial score (nSPS) is 17.8. The van der Waals surface area contributed by atoms with Gasteiger partial charge in [-0.3, -0.25) is 0 Å². The quantitative estimate of drug-likeness (QED) is 0.835. The molecule has 5 heteroatoms. The molecule has 1 aromatic rings. The lowest BCUT2D eigenvalue weighted by atomic mass is 10.3. The maximum Gasteiger partial charge on any atom is 0.405 e. The van der Waals surface area contributed by atoms with Gasteiger partial charge in [0.05, 0.1) is 5.69 Å². The van der Waals surface area contributed by atoms with Gasteiger partial charge in [-0.15, -0.1) is 11.3 Å². The summed E-state index contributed by atoms with van der Waals surface area (Å²) in [7, 11) is 0. The molecule has 2 N–H and O–H groups in total. The Morgan fingerprint density at radius 2 is 2.50 bits per heavy atom. The van der Waals surface area contributed by atoms with Crippen LogP contribution in [0.25, 0.3) is 0 Å². The monoisotopic (exact) mass is 212 g/mol. The minimum Gasteiger partial charge on any atom is -0.439 e. The predicted octanol–water partition coefficient (Wildman–Crippen LogP) is 2.18. The standard InChI is InChI=1S/C9H12N2O2S/c1-5(13-9(10)12)8-11-7(4-14-8)6-2-3-6/h4-6H,2-3H2,1H3,(H2,10,12). The van der Waals surface area contributed by atoms with E-state index in [0.717, 1.165) is 10.7 Å².